The zero-order valence-electron chi connectivity index (χ0n) is 9.45. The maximum atomic E-state index is 4.62. The molecule has 1 heteroatoms. The SMILES string of the molecule is CCCCCC1Cc2ccccc2C=N1. The van der Waals surface area contributed by atoms with Crippen molar-refractivity contribution < 1.29 is 0 Å². The van der Waals surface area contributed by atoms with E-state index in [-0.39, 0.29) is 0 Å². The van der Waals surface area contributed by atoms with Gasteiger partial charge < -0.3 is 0 Å². The van der Waals surface area contributed by atoms with Crippen LogP contribution in [0.2, 0.25) is 0 Å². The van der Waals surface area contributed by atoms with E-state index in [1.807, 2.05) is 0 Å². The van der Waals surface area contributed by atoms with E-state index in [0.717, 1.165) is 6.42 Å². The van der Waals surface area contributed by atoms with Gasteiger partial charge in [0, 0.05) is 6.21 Å². The van der Waals surface area contributed by atoms with Gasteiger partial charge >= 0.3 is 0 Å². The third kappa shape index (κ3) is 2.68. The monoisotopic (exact) mass is 201 g/mol. The standard InChI is InChI=1S/C14H19N/c1-2-3-4-9-14-10-12-7-5-6-8-13(12)11-15-14/h5-8,11,14H,2-4,9-10H2,1H3. The Morgan fingerprint density at radius 3 is 3.00 bits per heavy atom. The van der Waals surface area contributed by atoms with Gasteiger partial charge in [-0.1, -0.05) is 50.5 Å². The van der Waals surface area contributed by atoms with Crippen molar-refractivity contribution in [3.05, 3.63) is 35.4 Å². The molecule has 0 fully saturated rings. The molecule has 1 aromatic carbocycles. The van der Waals surface area contributed by atoms with E-state index in [0.29, 0.717) is 6.04 Å². The maximum absolute atomic E-state index is 4.62. The lowest BCUT2D eigenvalue weighted by Crippen LogP contribution is -2.15. The third-order valence-electron chi connectivity index (χ3n) is 3.08. The van der Waals surface area contributed by atoms with E-state index in [1.165, 1.54) is 36.8 Å². The first-order valence-electron chi connectivity index (χ1n) is 6.01. The van der Waals surface area contributed by atoms with Crippen LogP contribution < -0.4 is 0 Å². The molecule has 1 atom stereocenters. The van der Waals surface area contributed by atoms with Gasteiger partial charge in [0.15, 0.2) is 0 Å². The van der Waals surface area contributed by atoms with Crippen LogP contribution in [0.4, 0.5) is 0 Å². The molecule has 0 saturated carbocycles. The van der Waals surface area contributed by atoms with Crippen molar-refractivity contribution in [2.75, 3.05) is 0 Å². The molecule has 0 aliphatic carbocycles. The van der Waals surface area contributed by atoms with Gasteiger partial charge in [0.2, 0.25) is 0 Å². The van der Waals surface area contributed by atoms with E-state index in [2.05, 4.69) is 42.4 Å². The molecule has 1 aromatic rings. The zero-order valence-corrected chi connectivity index (χ0v) is 9.45. The summed E-state index contributed by atoms with van der Waals surface area (Å²) < 4.78 is 0. The Morgan fingerprint density at radius 1 is 1.27 bits per heavy atom. The molecule has 0 saturated heterocycles. The van der Waals surface area contributed by atoms with E-state index >= 15 is 0 Å². The highest BCUT2D eigenvalue weighted by atomic mass is 14.8. The summed E-state index contributed by atoms with van der Waals surface area (Å²) in [5.41, 5.74) is 2.78. The Bertz CT molecular complexity index is 341. The maximum Gasteiger partial charge on any atom is 0.0540 e. The summed E-state index contributed by atoms with van der Waals surface area (Å²) in [6.07, 6.45) is 8.39. The van der Waals surface area contributed by atoms with Gasteiger partial charge in [-0.15, -0.1) is 0 Å². The average Bonchev–Trinajstić information content (AvgIpc) is 2.29. The molecule has 1 aliphatic heterocycles. The number of benzene rings is 1. The summed E-state index contributed by atoms with van der Waals surface area (Å²) in [5.74, 6) is 0. The van der Waals surface area contributed by atoms with E-state index < -0.39 is 0 Å². The molecule has 15 heavy (non-hydrogen) atoms. The number of aliphatic imine (C=N–C) groups is 1. The minimum absolute atomic E-state index is 0.534. The molecule has 1 heterocycles. The highest BCUT2D eigenvalue weighted by Gasteiger charge is 2.13. The van der Waals surface area contributed by atoms with Gasteiger partial charge in [0.25, 0.3) is 0 Å². The fourth-order valence-electron chi connectivity index (χ4n) is 2.14. The van der Waals surface area contributed by atoms with Crippen LogP contribution >= 0.6 is 0 Å². The molecule has 0 bridgehead atoms. The molecular weight excluding hydrogens is 182 g/mol. The lowest BCUT2D eigenvalue weighted by atomic mass is 9.95. The second-order valence-corrected chi connectivity index (χ2v) is 4.33. The van der Waals surface area contributed by atoms with Gasteiger partial charge in [-0.3, -0.25) is 4.99 Å². The lowest BCUT2D eigenvalue weighted by Gasteiger charge is -2.18. The highest BCUT2D eigenvalue weighted by molar-refractivity contribution is 5.83. The Kier molecular flexibility index (Phi) is 3.54. The summed E-state index contributed by atoms with van der Waals surface area (Å²) in [4.78, 5) is 4.62. The topological polar surface area (TPSA) is 12.4 Å². The number of hydrogen-bond donors (Lipinski definition) is 0. The normalized spacial score (nSPS) is 18.9. The fourth-order valence-corrected chi connectivity index (χ4v) is 2.14. The minimum atomic E-state index is 0.534. The summed E-state index contributed by atoms with van der Waals surface area (Å²) in [6.45, 7) is 2.25. The second kappa shape index (κ2) is 5.11. The van der Waals surface area contributed by atoms with Crippen molar-refractivity contribution in [1.82, 2.24) is 0 Å². The molecule has 0 aromatic heterocycles. The molecule has 1 nitrogen and oxygen atoms in total. The second-order valence-electron chi connectivity index (χ2n) is 4.33. The minimum Gasteiger partial charge on any atom is -0.289 e. The van der Waals surface area contributed by atoms with Crippen LogP contribution in [0.3, 0.4) is 0 Å². The van der Waals surface area contributed by atoms with Crippen LogP contribution in [-0.2, 0) is 6.42 Å². The largest absolute Gasteiger partial charge is 0.289 e. The van der Waals surface area contributed by atoms with Crippen LogP contribution in [0.25, 0.3) is 0 Å². The van der Waals surface area contributed by atoms with Crippen LogP contribution in [-0.4, -0.2) is 12.3 Å². The number of hydrogen-bond acceptors (Lipinski definition) is 1. The van der Waals surface area contributed by atoms with Gasteiger partial charge in [-0.25, -0.2) is 0 Å². The molecule has 80 valence electrons. The summed E-state index contributed by atoms with van der Waals surface area (Å²) >= 11 is 0. The molecule has 1 unspecified atom stereocenters. The molecule has 2 rings (SSSR count). The van der Waals surface area contributed by atoms with Crippen molar-refractivity contribution in [2.45, 2.75) is 45.1 Å². The third-order valence-corrected chi connectivity index (χ3v) is 3.08. The predicted molar refractivity (Wildman–Crippen MR) is 65.7 cm³/mol. The summed E-state index contributed by atoms with van der Waals surface area (Å²) in [5, 5.41) is 0. The molecular formula is C14H19N. The summed E-state index contributed by atoms with van der Waals surface area (Å²) in [7, 11) is 0. The number of unbranched alkanes of at least 4 members (excludes halogenated alkanes) is 2. The van der Waals surface area contributed by atoms with Gasteiger partial charge in [0.05, 0.1) is 6.04 Å². The first kappa shape index (κ1) is 10.4. The van der Waals surface area contributed by atoms with Crippen molar-refractivity contribution in [2.24, 2.45) is 4.99 Å². The molecule has 0 spiro atoms. The van der Waals surface area contributed by atoms with E-state index in [9.17, 15) is 0 Å². The highest BCUT2D eigenvalue weighted by Crippen LogP contribution is 2.19. The van der Waals surface area contributed by atoms with Gasteiger partial charge in [-0.05, 0) is 24.0 Å². The molecule has 0 radical (unpaired) electrons. The first-order chi connectivity index (χ1) is 7.40. The van der Waals surface area contributed by atoms with Crippen molar-refractivity contribution in [3.63, 3.8) is 0 Å². The quantitative estimate of drug-likeness (QED) is 0.660. The lowest BCUT2D eigenvalue weighted by molar-refractivity contribution is 0.556. The van der Waals surface area contributed by atoms with Crippen molar-refractivity contribution >= 4 is 6.21 Å². The Morgan fingerprint density at radius 2 is 2.13 bits per heavy atom. The van der Waals surface area contributed by atoms with E-state index in [4.69, 9.17) is 0 Å². The Balaban J connectivity index is 1.94. The van der Waals surface area contributed by atoms with Crippen LogP contribution in [0.15, 0.2) is 29.3 Å². The van der Waals surface area contributed by atoms with Crippen LogP contribution in [0.1, 0.15) is 43.7 Å². The molecule has 1 aliphatic rings. The van der Waals surface area contributed by atoms with Crippen LogP contribution in [0, 0.1) is 0 Å². The molecule has 0 amide bonds. The smallest absolute Gasteiger partial charge is 0.0540 e. The summed E-state index contributed by atoms with van der Waals surface area (Å²) in [6, 6.07) is 9.13. The first-order valence-corrected chi connectivity index (χ1v) is 6.01. The van der Waals surface area contributed by atoms with E-state index in [1.54, 1.807) is 0 Å². The number of nitrogens with zero attached hydrogens (tertiary/aromatic N) is 1. The van der Waals surface area contributed by atoms with Gasteiger partial charge in [-0.2, -0.15) is 0 Å². The number of fused-ring (bicyclic) bond motifs is 1. The average molecular weight is 201 g/mol. The molecule has 0 N–H and O–H groups in total. The predicted octanol–water partition coefficient (Wildman–Crippen LogP) is 3.61. The number of rotatable bonds is 4. The fraction of sp³-hybridized carbons (Fsp3) is 0.500. The zero-order chi connectivity index (χ0) is 10.5. The van der Waals surface area contributed by atoms with Gasteiger partial charge in [0.1, 0.15) is 0 Å². The Hall–Kier alpha value is -1.11. The van der Waals surface area contributed by atoms with Crippen LogP contribution in [0.5, 0.6) is 0 Å². The van der Waals surface area contributed by atoms with Crippen molar-refractivity contribution in [1.29, 1.82) is 0 Å². The Labute approximate surface area is 92.2 Å². The van der Waals surface area contributed by atoms with Crippen molar-refractivity contribution in [3.8, 4) is 0 Å².